The molecule has 4 rings (SSSR count). The summed E-state index contributed by atoms with van der Waals surface area (Å²) in [5, 5.41) is 6.16. The first-order valence-electron chi connectivity index (χ1n) is 10.7. The Morgan fingerprint density at radius 1 is 1.23 bits per heavy atom. The summed E-state index contributed by atoms with van der Waals surface area (Å²) >= 11 is 0. The van der Waals surface area contributed by atoms with Crippen LogP contribution in [-0.2, 0) is 15.5 Å². The minimum Gasteiger partial charge on any atom is -0.481 e. The van der Waals surface area contributed by atoms with Crippen LogP contribution in [0.2, 0.25) is 0 Å². The number of fused-ring (bicyclic) bond motifs is 1. The number of amides is 1. The largest absolute Gasteiger partial charge is 0.481 e. The highest BCUT2D eigenvalue weighted by atomic mass is 32.2. The van der Waals surface area contributed by atoms with Crippen LogP contribution >= 0.6 is 0 Å². The summed E-state index contributed by atoms with van der Waals surface area (Å²) in [5.74, 6) is -1.25. The molecule has 2 N–H and O–H groups in total. The number of alkyl halides is 3. The number of aryl methyl sites for hydroxylation is 1. The van der Waals surface area contributed by atoms with E-state index in [0.717, 1.165) is 22.7 Å². The molecule has 3 aromatic rings. The zero-order valence-corrected chi connectivity index (χ0v) is 19.8. The molecule has 1 unspecified atom stereocenters. The Morgan fingerprint density at radius 3 is 2.71 bits per heavy atom. The van der Waals surface area contributed by atoms with Gasteiger partial charge in [-0.15, -0.1) is 0 Å². The van der Waals surface area contributed by atoms with Gasteiger partial charge in [0.25, 0.3) is 5.91 Å². The van der Waals surface area contributed by atoms with Crippen molar-refractivity contribution < 1.29 is 27.1 Å². The van der Waals surface area contributed by atoms with E-state index in [9.17, 15) is 22.4 Å². The van der Waals surface area contributed by atoms with Gasteiger partial charge in [-0.2, -0.15) is 13.2 Å². The minimum absolute atomic E-state index is 0.0492. The number of ether oxygens (including phenoxy) is 1. The van der Waals surface area contributed by atoms with Crippen LogP contribution < -0.4 is 15.4 Å². The lowest BCUT2D eigenvalue weighted by Crippen LogP contribution is -2.36. The van der Waals surface area contributed by atoms with Gasteiger partial charge in [-0.25, -0.2) is 18.7 Å². The Kier molecular flexibility index (Phi) is 7.20. The zero-order valence-electron chi connectivity index (χ0n) is 18.9. The molecule has 1 fully saturated rings. The van der Waals surface area contributed by atoms with E-state index < -0.39 is 31.1 Å². The first-order valence-corrected chi connectivity index (χ1v) is 12.4. The number of anilines is 2. The standard InChI is InChI=1S/C23H23F4N5O2S/c1-13-7-15(32-35(2)16-4-5-16)9-18-21(13)22(30-12-29-18)31-17-6-3-14(24)8-19(17)34-10-20(33)28-11-23(25,26)27/h3,6-9,12,16H,4-5,10-11H2,1-2H3,(H,28,33)(H,29,30,31). The van der Waals surface area contributed by atoms with Crippen LogP contribution in [-0.4, -0.2) is 46.7 Å². The molecule has 0 spiro atoms. The van der Waals surface area contributed by atoms with Crippen LogP contribution in [0.25, 0.3) is 10.9 Å². The van der Waals surface area contributed by atoms with Gasteiger partial charge >= 0.3 is 6.18 Å². The summed E-state index contributed by atoms with van der Waals surface area (Å²) in [7, 11) is -0.0492. The monoisotopic (exact) mass is 509 g/mol. The minimum atomic E-state index is -4.54. The van der Waals surface area contributed by atoms with Crippen LogP contribution in [0, 0.1) is 12.7 Å². The van der Waals surface area contributed by atoms with Gasteiger partial charge in [0.05, 0.1) is 16.9 Å². The molecule has 1 saturated carbocycles. The molecule has 2 aromatic carbocycles. The van der Waals surface area contributed by atoms with E-state index in [4.69, 9.17) is 9.10 Å². The van der Waals surface area contributed by atoms with Crippen LogP contribution in [0.4, 0.5) is 34.8 Å². The van der Waals surface area contributed by atoms with Crippen LogP contribution in [0.3, 0.4) is 0 Å². The number of aromatic nitrogens is 2. The summed E-state index contributed by atoms with van der Waals surface area (Å²) in [6, 6.07) is 7.45. The van der Waals surface area contributed by atoms with Crippen molar-refractivity contribution in [2.45, 2.75) is 31.2 Å². The summed E-state index contributed by atoms with van der Waals surface area (Å²) in [5.41, 5.74) is 2.68. The predicted octanol–water partition coefficient (Wildman–Crippen LogP) is 5.10. The molecule has 0 saturated heterocycles. The molecule has 1 atom stereocenters. The van der Waals surface area contributed by atoms with E-state index in [0.29, 0.717) is 16.6 Å². The van der Waals surface area contributed by atoms with E-state index in [-0.39, 0.29) is 22.1 Å². The van der Waals surface area contributed by atoms with Gasteiger partial charge in [0.15, 0.2) is 6.61 Å². The van der Waals surface area contributed by atoms with E-state index in [1.165, 1.54) is 31.3 Å². The van der Waals surface area contributed by atoms with E-state index in [1.807, 2.05) is 19.1 Å². The number of carbonyl (C=O) groups is 1. The molecule has 0 radical (unpaired) electrons. The van der Waals surface area contributed by atoms with Gasteiger partial charge in [0.1, 0.15) is 30.3 Å². The van der Waals surface area contributed by atoms with Crippen molar-refractivity contribution in [1.82, 2.24) is 15.3 Å². The molecule has 0 bridgehead atoms. The second kappa shape index (κ2) is 10.1. The first-order chi connectivity index (χ1) is 16.6. The molecule has 1 amide bonds. The summed E-state index contributed by atoms with van der Waals surface area (Å²) in [6.45, 7) is -0.291. The normalized spacial score (nSPS) is 14.7. The smallest absolute Gasteiger partial charge is 0.405 e. The zero-order chi connectivity index (χ0) is 25.2. The molecule has 0 aliphatic heterocycles. The van der Waals surface area contributed by atoms with Crippen molar-refractivity contribution >= 4 is 44.7 Å². The van der Waals surface area contributed by atoms with Gasteiger partial charge in [-0.1, -0.05) is 10.7 Å². The number of benzene rings is 2. The number of carbonyl (C=O) groups excluding carboxylic acids is 1. The van der Waals surface area contributed by atoms with Crippen LogP contribution in [0.15, 0.2) is 41.0 Å². The third-order valence-electron chi connectivity index (χ3n) is 5.22. The summed E-state index contributed by atoms with van der Waals surface area (Å²) in [4.78, 5) is 20.4. The van der Waals surface area contributed by atoms with E-state index in [1.54, 1.807) is 5.32 Å². The molecule has 186 valence electrons. The summed E-state index contributed by atoms with van der Waals surface area (Å²) < 4.78 is 60.9. The number of nitrogens with zero attached hydrogens (tertiary/aromatic N) is 3. The third-order valence-corrected chi connectivity index (χ3v) is 7.15. The molecule has 7 nitrogen and oxygen atoms in total. The van der Waals surface area contributed by atoms with Crippen molar-refractivity contribution in [2.24, 2.45) is 4.36 Å². The highest BCUT2D eigenvalue weighted by Crippen LogP contribution is 2.34. The highest BCUT2D eigenvalue weighted by molar-refractivity contribution is 7.87. The Morgan fingerprint density at radius 2 is 2.00 bits per heavy atom. The fourth-order valence-corrected chi connectivity index (χ4v) is 4.82. The fourth-order valence-electron chi connectivity index (χ4n) is 3.41. The number of halogens is 4. The average Bonchev–Trinajstić information content (AvgIpc) is 3.63. The number of hydrogen-bond donors (Lipinski definition) is 2. The van der Waals surface area contributed by atoms with Gasteiger partial charge in [0, 0.05) is 16.7 Å². The molecule has 1 aliphatic carbocycles. The Hall–Kier alpha value is -3.28. The second-order valence-electron chi connectivity index (χ2n) is 8.14. The molecule has 12 heteroatoms. The average molecular weight is 510 g/mol. The van der Waals surface area contributed by atoms with E-state index >= 15 is 0 Å². The summed E-state index contributed by atoms with van der Waals surface area (Å²) in [6.07, 6.45) is 1.38. The fraction of sp³-hybridized carbons (Fsp3) is 0.348. The molecule has 1 aliphatic rings. The second-order valence-corrected chi connectivity index (χ2v) is 10.0. The van der Waals surface area contributed by atoms with E-state index in [2.05, 4.69) is 21.5 Å². The highest BCUT2D eigenvalue weighted by Gasteiger charge is 2.28. The Balaban J connectivity index is 1.57. The maximum atomic E-state index is 13.8. The lowest BCUT2D eigenvalue weighted by molar-refractivity contribution is -0.139. The van der Waals surface area contributed by atoms with Crippen molar-refractivity contribution in [1.29, 1.82) is 0 Å². The molecule has 1 aromatic heterocycles. The van der Waals surface area contributed by atoms with Crippen molar-refractivity contribution in [2.75, 3.05) is 24.7 Å². The van der Waals surface area contributed by atoms with Gasteiger partial charge < -0.3 is 15.4 Å². The van der Waals surface area contributed by atoms with Crippen molar-refractivity contribution in [3.63, 3.8) is 0 Å². The lowest BCUT2D eigenvalue weighted by Gasteiger charge is -2.15. The number of nitrogens with one attached hydrogen (secondary N) is 2. The maximum absolute atomic E-state index is 13.8. The van der Waals surface area contributed by atoms with Crippen molar-refractivity contribution in [3.05, 3.63) is 48.0 Å². The maximum Gasteiger partial charge on any atom is 0.405 e. The molecule has 1 heterocycles. The van der Waals surface area contributed by atoms with Gasteiger partial charge in [-0.05, 0) is 55.9 Å². The molecule has 35 heavy (non-hydrogen) atoms. The first kappa shape index (κ1) is 24.8. The Bertz CT molecular complexity index is 1290. The number of hydrogen-bond acceptors (Lipinski definition) is 6. The third kappa shape index (κ3) is 6.65. The van der Waals surface area contributed by atoms with Crippen LogP contribution in [0.5, 0.6) is 5.75 Å². The van der Waals surface area contributed by atoms with Gasteiger partial charge in [-0.3, -0.25) is 4.79 Å². The quantitative estimate of drug-likeness (QED) is 0.413. The SMILES string of the molecule is Cc1cc(N=S(C)C2CC2)cc2ncnc(Nc3ccc(F)cc3OCC(=O)NCC(F)(F)F)c12. The number of rotatable bonds is 8. The van der Waals surface area contributed by atoms with Crippen molar-refractivity contribution in [3.8, 4) is 5.75 Å². The molecular formula is C23H23F4N5O2S. The molecular weight excluding hydrogens is 486 g/mol. The van der Waals surface area contributed by atoms with Gasteiger partial charge in [0.2, 0.25) is 0 Å². The lowest BCUT2D eigenvalue weighted by atomic mass is 10.1. The topological polar surface area (TPSA) is 88.5 Å². The predicted molar refractivity (Wildman–Crippen MR) is 127 cm³/mol. The van der Waals surface area contributed by atoms with Crippen LogP contribution in [0.1, 0.15) is 18.4 Å². The Labute approximate surface area is 201 Å².